The fourth-order valence-corrected chi connectivity index (χ4v) is 2.51. The molecule has 5 heteroatoms. The molecule has 1 aromatic heterocycles. The smallest absolute Gasteiger partial charge is 0.258 e. The molecule has 1 saturated heterocycles. The van der Waals surface area contributed by atoms with Gasteiger partial charge in [-0.25, -0.2) is 4.98 Å². The van der Waals surface area contributed by atoms with Gasteiger partial charge in [0.1, 0.15) is 5.82 Å². The van der Waals surface area contributed by atoms with E-state index in [1.165, 1.54) is 0 Å². The second-order valence-corrected chi connectivity index (χ2v) is 5.14. The Hall–Kier alpha value is -1.88. The standard InChI is InChI=1S/C14H18N4O/c1-10-15-13-4-3-11(9-12(13)14(19)16-10)18-7-5-17(2)6-8-18/h3-4,9H,5-8H2,1-2H3,(H,15,16,19). The topological polar surface area (TPSA) is 52.2 Å². The van der Waals surface area contributed by atoms with E-state index >= 15 is 0 Å². The number of hydrogen-bond acceptors (Lipinski definition) is 4. The summed E-state index contributed by atoms with van der Waals surface area (Å²) in [5, 5.41) is 0.669. The highest BCUT2D eigenvalue weighted by molar-refractivity contribution is 5.81. The maximum absolute atomic E-state index is 12.0. The van der Waals surface area contributed by atoms with Crippen LogP contribution in [0.5, 0.6) is 0 Å². The summed E-state index contributed by atoms with van der Waals surface area (Å²) in [6.45, 7) is 5.91. The van der Waals surface area contributed by atoms with Crippen molar-refractivity contribution in [3.63, 3.8) is 0 Å². The van der Waals surface area contributed by atoms with Crippen molar-refractivity contribution in [3.05, 3.63) is 34.4 Å². The number of nitrogens with zero attached hydrogens (tertiary/aromatic N) is 3. The number of benzene rings is 1. The number of likely N-dealkylation sites (N-methyl/N-ethyl adjacent to an activating group) is 1. The number of hydrogen-bond donors (Lipinski definition) is 1. The van der Waals surface area contributed by atoms with Crippen molar-refractivity contribution in [1.82, 2.24) is 14.9 Å². The molecule has 0 unspecified atom stereocenters. The lowest BCUT2D eigenvalue weighted by Crippen LogP contribution is -2.44. The summed E-state index contributed by atoms with van der Waals surface area (Å²) < 4.78 is 0. The Kier molecular flexibility index (Phi) is 2.98. The summed E-state index contributed by atoms with van der Waals surface area (Å²) in [4.78, 5) is 23.7. The third-order valence-corrected chi connectivity index (χ3v) is 3.68. The van der Waals surface area contributed by atoms with Gasteiger partial charge in [-0.2, -0.15) is 0 Å². The van der Waals surface area contributed by atoms with Crippen LogP contribution in [0.3, 0.4) is 0 Å². The number of nitrogens with one attached hydrogen (secondary N) is 1. The van der Waals surface area contributed by atoms with E-state index < -0.39 is 0 Å². The van der Waals surface area contributed by atoms with Crippen LogP contribution in [0.4, 0.5) is 5.69 Å². The fraction of sp³-hybridized carbons (Fsp3) is 0.429. The Labute approximate surface area is 111 Å². The second-order valence-electron chi connectivity index (χ2n) is 5.14. The Morgan fingerprint density at radius 1 is 1.21 bits per heavy atom. The molecule has 0 spiro atoms. The summed E-state index contributed by atoms with van der Waals surface area (Å²) in [5.41, 5.74) is 1.81. The molecule has 0 radical (unpaired) electrons. The van der Waals surface area contributed by atoms with Gasteiger partial charge in [-0.15, -0.1) is 0 Å². The zero-order chi connectivity index (χ0) is 13.4. The van der Waals surface area contributed by atoms with Crippen molar-refractivity contribution in [2.45, 2.75) is 6.92 Å². The molecule has 0 atom stereocenters. The average Bonchev–Trinajstić information content (AvgIpc) is 2.39. The lowest BCUT2D eigenvalue weighted by Gasteiger charge is -2.34. The molecule has 0 aliphatic carbocycles. The molecule has 19 heavy (non-hydrogen) atoms. The number of fused-ring (bicyclic) bond motifs is 1. The number of aromatic amines is 1. The van der Waals surface area contributed by atoms with Crippen molar-refractivity contribution < 1.29 is 0 Å². The lowest BCUT2D eigenvalue weighted by atomic mass is 10.2. The van der Waals surface area contributed by atoms with E-state index in [-0.39, 0.29) is 5.56 Å². The van der Waals surface area contributed by atoms with Crippen molar-refractivity contribution in [2.24, 2.45) is 0 Å². The molecule has 2 aromatic rings. The minimum atomic E-state index is -0.0570. The maximum Gasteiger partial charge on any atom is 0.258 e. The predicted molar refractivity (Wildman–Crippen MR) is 76.8 cm³/mol. The van der Waals surface area contributed by atoms with Gasteiger partial charge in [0.15, 0.2) is 0 Å². The van der Waals surface area contributed by atoms with E-state index in [0.717, 1.165) is 37.4 Å². The molecule has 0 saturated carbocycles. The Morgan fingerprint density at radius 2 is 1.95 bits per heavy atom. The summed E-state index contributed by atoms with van der Waals surface area (Å²) in [5.74, 6) is 0.657. The molecule has 1 aromatic carbocycles. The van der Waals surface area contributed by atoms with Crippen LogP contribution in [-0.2, 0) is 0 Å². The van der Waals surface area contributed by atoms with Crippen molar-refractivity contribution in [3.8, 4) is 0 Å². The molecule has 1 aliphatic rings. The number of aromatic nitrogens is 2. The highest BCUT2D eigenvalue weighted by atomic mass is 16.1. The quantitative estimate of drug-likeness (QED) is 0.828. The van der Waals surface area contributed by atoms with Gasteiger partial charge in [-0.3, -0.25) is 4.79 Å². The first-order valence-corrected chi connectivity index (χ1v) is 6.58. The highest BCUT2D eigenvalue weighted by Gasteiger charge is 2.15. The van der Waals surface area contributed by atoms with Crippen LogP contribution in [0.2, 0.25) is 0 Å². The maximum atomic E-state index is 12.0. The molecule has 1 fully saturated rings. The van der Waals surface area contributed by atoms with Crippen LogP contribution in [0.1, 0.15) is 5.82 Å². The number of anilines is 1. The second kappa shape index (κ2) is 4.66. The van der Waals surface area contributed by atoms with Crippen LogP contribution in [0, 0.1) is 6.92 Å². The molecule has 0 bridgehead atoms. The van der Waals surface area contributed by atoms with Crippen LogP contribution in [0.15, 0.2) is 23.0 Å². The Morgan fingerprint density at radius 3 is 2.68 bits per heavy atom. The van der Waals surface area contributed by atoms with E-state index in [1.807, 2.05) is 12.1 Å². The summed E-state index contributed by atoms with van der Waals surface area (Å²) >= 11 is 0. The average molecular weight is 258 g/mol. The van der Waals surface area contributed by atoms with Gasteiger partial charge >= 0.3 is 0 Å². The fourth-order valence-electron chi connectivity index (χ4n) is 2.51. The van der Waals surface area contributed by atoms with Crippen LogP contribution in [-0.4, -0.2) is 48.1 Å². The monoisotopic (exact) mass is 258 g/mol. The lowest BCUT2D eigenvalue weighted by molar-refractivity contribution is 0.313. The molecule has 3 rings (SSSR count). The molecule has 100 valence electrons. The molecule has 5 nitrogen and oxygen atoms in total. The summed E-state index contributed by atoms with van der Waals surface area (Å²) in [6, 6.07) is 5.94. The summed E-state index contributed by atoms with van der Waals surface area (Å²) in [7, 11) is 2.13. The minimum absolute atomic E-state index is 0.0570. The van der Waals surface area contributed by atoms with E-state index in [4.69, 9.17) is 0 Å². The molecule has 1 N–H and O–H groups in total. The first-order valence-electron chi connectivity index (χ1n) is 6.58. The van der Waals surface area contributed by atoms with Crippen molar-refractivity contribution in [2.75, 3.05) is 38.1 Å². The molecule has 1 aliphatic heterocycles. The number of rotatable bonds is 1. The third kappa shape index (κ3) is 2.33. The Balaban J connectivity index is 2.00. The van der Waals surface area contributed by atoms with E-state index in [1.54, 1.807) is 6.92 Å². The first kappa shape index (κ1) is 12.2. The van der Waals surface area contributed by atoms with Gasteiger partial charge < -0.3 is 14.8 Å². The van der Waals surface area contributed by atoms with Gasteiger partial charge in [0, 0.05) is 31.9 Å². The van der Waals surface area contributed by atoms with Crippen LogP contribution in [0.25, 0.3) is 10.9 Å². The minimum Gasteiger partial charge on any atom is -0.369 e. The van der Waals surface area contributed by atoms with Gasteiger partial charge in [0.25, 0.3) is 5.56 Å². The van der Waals surface area contributed by atoms with E-state index in [0.29, 0.717) is 11.2 Å². The van der Waals surface area contributed by atoms with Crippen molar-refractivity contribution >= 4 is 16.6 Å². The molecule has 0 amide bonds. The molecule has 2 heterocycles. The predicted octanol–water partition coefficient (Wildman–Crippen LogP) is 0.983. The molecular weight excluding hydrogens is 240 g/mol. The van der Waals surface area contributed by atoms with E-state index in [9.17, 15) is 4.79 Å². The SMILES string of the molecule is Cc1nc2ccc(N3CCN(C)CC3)cc2c(=O)[nH]1. The Bertz CT molecular complexity index is 656. The zero-order valence-corrected chi connectivity index (χ0v) is 11.3. The summed E-state index contributed by atoms with van der Waals surface area (Å²) in [6.07, 6.45) is 0. The largest absolute Gasteiger partial charge is 0.369 e. The van der Waals surface area contributed by atoms with Gasteiger partial charge in [-0.1, -0.05) is 0 Å². The first-order chi connectivity index (χ1) is 9.13. The van der Waals surface area contributed by atoms with Crippen molar-refractivity contribution in [1.29, 1.82) is 0 Å². The third-order valence-electron chi connectivity index (χ3n) is 3.68. The number of aryl methyl sites for hydroxylation is 1. The van der Waals surface area contributed by atoms with Crippen LogP contribution >= 0.6 is 0 Å². The number of H-pyrrole nitrogens is 1. The van der Waals surface area contributed by atoms with Crippen LogP contribution < -0.4 is 10.5 Å². The zero-order valence-electron chi connectivity index (χ0n) is 11.3. The van der Waals surface area contributed by atoms with Gasteiger partial charge in [-0.05, 0) is 32.2 Å². The molecular formula is C14H18N4O. The van der Waals surface area contributed by atoms with Gasteiger partial charge in [0.2, 0.25) is 0 Å². The van der Waals surface area contributed by atoms with E-state index in [2.05, 4.69) is 32.9 Å². The van der Waals surface area contributed by atoms with Gasteiger partial charge in [0.05, 0.1) is 10.9 Å². The number of piperazine rings is 1. The normalized spacial score (nSPS) is 17.1. The highest BCUT2D eigenvalue weighted by Crippen LogP contribution is 2.20.